The van der Waals surface area contributed by atoms with E-state index in [0.29, 0.717) is 13.2 Å². The summed E-state index contributed by atoms with van der Waals surface area (Å²) in [4.78, 5) is 40.6. The summed E-state index contributed by atoms with van der Waals surface area (Å²) in [5.74, 6) is 1.34. The molecule has 1 N–H and O–H groups in total. The molecule has 1 aliphatic carbocycles. The number of carbonyl (C=O) groups is 3. The molecule has 8 nitrogen and oxygen atoms in total. The zero-order valence-electron chi connectivity index (χ0n) is 20.8. The maximum atomic E-state index is 12.5. The van der Waals surface area contributed by atoms with E-state index in [9.17, 15) is 14.4 Å². The Morgan fingerprint density at radius 2 is 1.76 bits per heavy atom. The molecule has 2 aliphatic rings. The average Bonchev–Trinajstić information content (AvgIpc) is 3.63. The molecule has 2 amide bonds. The Bertz CT molecular complexity index is 830. The number of amides is 2. The first-order valence-electron chi connectivity index (χ1n) is 12.5. The molecule has 1 aliphatic heterocycles. The molecule has 1 saturated heterocycles. The van der Waals surface area contributed by atoms with Crippen molar-refractivity contribution in [3.63, 3.8) is 0 Å². The maximum absolute atomic E-state index is 12.5. The minimum absolute atomic E-state index is 0.0601. The molecule has 0 unspecified atom stereocenters. The highest BCUT2D eigenvalue weighted by molar-refractivity contribution is 5.99. The minimum Gasteiger partial charge on any atom is -0.494 e. The van der Waals surface area contributed by atoms with Crippen molar-refractivity contribution in [2.24, 2.45) is 5.92 Å². The number of ketones is 1. The van der Waals surface area contributed by atoms with E-state index in [4.69, 9.17) is 9.47 Å². The van der Waals surface area contributed by atoms with Gasteiger partial charge < -0.3 is 24.6 Å². The zero-order valence-corrected chi connectivity index (χ0v) is 20.8. The summed E-state index contributed by atoms with van der Waals surface area (Å²) in [6, 6.07) is 7.48. The SMILES string of the molecule is CC(C)(C)OC(=O)NCCC(=O)N1CCCN(CCCOc2ccc(C(=O)C3CC3)cc2)CC1. The molecule has 2 fully saturated rings. The van der Waals surface area contributed by atoms with Crippen LogP contribution in [-0.4, -0.2) is 79.1 Å². The predicted molar refractivity (Wildman–Crippen MR) is 130 cm³/mol. The Morgan fingerprint density at radius 1 is 1.03 bits per heavy atom. The summed E-state index contributed by atoms with van der Waals surface area (Å²) in [6.07, 6.45) is 3.65. The zero-order chi connectivity index (χ0) is 24.6. The van der Waals surface area contributed by atoms with Gasteiger partial charge in [-0.3, -0.25) is 9.59 Å². The fraction of sp³-hybridized carbons (Fsp3) is 0.654. The Hall–Kier alpha value is -2.61. The van der Waals surface area contributed by atoms with Crippen molar-refractivity contribution in [1.82, 2.24) is 15.1 Å². The van der Waals surface area contributed by atoms with Crippen molar-refractivity contribution in [1.29, 1.82) is 0 Å². The number of nitrogens with zero attached hydrogens (tertiary/aromatic N) is 2. The van der Waals surface area contributed by atoms with Gasteiger partial charge in [-0.25, -0.2) is 4.79 Å². The Labute approximate surface area is 202 Å². The van der Waals surface area contributed by atoms with Crippen molar-refractivity contribution in [3.8, 4) is 5.75 Å². The molecule has 0 radical (unpaired) electrons. The van der Waals surface area contributed by atoms with E-state index in [1.165, 1.54) is 0 Å². The van der Waals surface area contributed by atoms with Crippen LogP contribution in [0, 0.1) is 5.92 Å². The van der Waals surface area contributed by atoms with Crippen LogP contribution in [0.4, 0.5) is 4.79 Å². The van der Waals surface area contributed by atoms with Gasteiger partial charge in [0.25, 0.3) is 0 Å². The van der Waals surface area contributed by atoms with Gasteiger partial charge in [0, 0.05) is 50.6 Å². The van der Waals surface area contributed by atoms with Gasteiger partial charge in [-0.1, -0.05) is 0 Å². The van der Waals surface area contributed by atoms with E-state index in [0.717, 1.165) is 63.2 Å². The van der Waals surface area contributed by atoms with Gasteiger partial charge in [-0.15, -0.1) is 0 Å². The highest BCUT2D eigenvalue weighted by atomic mass is 16.6. The van der Waals surface area contributed by atoms with Crippen LogP contribution in [0.3, 0.4) is 0 Å². The monoisotopic (exact) mass is 473 g/mol. The van der Waals surface area contributed by atoms with Crippen LogP contribution in [0.15, 0.2) is 24.3 Å². The summed E-state index contributed by atoms with van der Waals surface area (Å²) in [7, 11) is 0. The van der Waals surface area contributed by atoms with E-state index in [1.54, 1.807) is 0 Å². The molecule has 0 atom stereocenters. The lowest BCUT2D eigenvalue weighted by Crippen LogP contribution is -2.38. The molecule has 0 spiro atoms. The minimum atomic E-state index is -0.548. The van der Waals surface area contributed by atoms with Crippen molar-refractivity contribution in [2.75, 3.05) is 45.9 Å². The maximum Gasteiger partial charge on any atom is 0.407 e. The lowest BCUT2D eigenvalue weighted by atomic mass is 10.1. The smallest absolute Gasteiger partial charge is 0.407 e. The summed E-state index contributed by atoms with van der Waals surface area (Å²) in [5.41, 5.74) is 0.229. The molecule has 1 saturated carbocycles. The van der Waals surface area contributed by atoms with Gasteiger partial charge in [0.1, 0.15) is 11.4 Å². The number of ether oxygens (including phenoxy) is 2. The molecule has 1 heterocycles. The third kappa shape index (κ3) is 8.97. The van der Waals surface area contributed by atoms with Crippen LogP contribution < -0.4 is 10.1 Å². The first-order chi connectivity index (χ1) is 16.2. The number of benzene rings is 1. The van der Waals surface area contributed by atoms with E-state index in [1.807, 2.05) is 49.9 Å². The van der Waals surface area contributed by atoms with Crippen LogP contribution in [0.5, 0.6) is 5.75 Å². The molecule has 1 aromatic carbocycles. The summed E-state index contributed by atoms with van der Waals surface area (Å²) < 4.78 is 11.0. The van der Waals surface area contributed by atoms with E-state index >= 15 is 0 Å². The number of carbonyl (C=O) groups excluding carboxylic acids is 3. The van der Waals surface area contributed by atoms with Crippen molar-refractivity contribution < 1.29 is 23.9 Å². The predicted octanol–water partition coefficient (Wildman–Crippen LogP) is 3.50. The first kappa shape index (κ1) is 26.0. The normalized spacial score (nSPS) is 17.1. The first-order valence-corrected chi connectivity index (χ1v) is 12.5. The molecular weight excluding hydrogens is 434 g/mol. The largest absolute Gasteiger partial charge is 0.494 e. The van der Waals surface area contributed by atoms with Crippen molar-refractivity contribution in [2.45, 2.75) is 58.5 Å². The molecule has 34 heavy (non-hydrogen) atoms. The standard InChI is InChI=1S/C26H39N3O5/c1-26(2,3)34-25(32)27-13-12-23(30)29-16-4-14-28(17-18-29)15-5-19-33-22-10-8-21(9-11-22)24(31)20-6-7-20/h8-11,20H,4-7,12-19H2,1-3H3,(H,27,32). The fourth-order valence-electron chi connectivity index (χ4n) is 3.96. The molecule has 8 heteroatoms. The third-order valence-corrected chi connectivity index (χ3v) is 5.92. The van der Waals surface area contributed by atoms with E-state index in [-0.39, 0.29) is 30.6 Å². The van der Waals surface area contributed by atoms with Crippen molar-refractivity contribution >= 4 is 17.8 Å². The number of rotatable bonds is 10. The molecule has 188 valence electrons. The van der Waals surface area contributed by atoms with Crippen LogP contribution >= 0.6 is 0 Å². The quantitative estimate of drug-likeness (QED) is 0.413. The lowest BCUT2D eigenvalue weighted by Gasteiger charge is -2.22. The van der Waals surface area contributed by atoms with Gasteiger partial charge in [0.2, 0.25) is 5.91 Å². The highest BCUT2D eigenvalue weighted by Gasteiger charge is 2.30. The summed E-state index contributed by atoms with van der Waals surface area (Å²) in [6.45, 7) is 10.5. The number of nitrogens with one attached hydrogen (secondary N) is 1. The number of Topliss-reactive ketones (excluding diaryl/α,β-unsaturated/α-hetero) is 1. The topological polar surface area (TPSA) is 88.2 Å². The van der Waals surface area contributed by atoms with Crippen LogP contribution in [0.1, 0.15) is 63.2 Å². The van der Waals surface area contributed by atoms with Crippen LogP contribution in [0.25, 0.3) is 0 Å². The molecule has 1 aromatic rings. The van der Waals surface area contributed by atoms with Gasteiger partial charge >= 0.3 is 6.09 Å². The highest BCUT2D eigenvalue weighted by Crippen LogP contribution is 2.32. The fourth-order valence-corrected chi connectivity index (χ4v) is 3.96. The second kappa shape index (κ2) is 12.2. The second-order valence-corrected chi connectivity index (χ2v) is 10.1. The number of alkyl carbamates (subject to hydrolysis) is 1. The van der Waals surface area contributed by atoms with Gasteiger partial charge in [0.05, 0.1) is 6.61 Å². The van der Waals surface area contributed by atoms with Crippen LogP contribution in [-0.2, 0) is 9.53 Å². The second-order valence-electron chi connectivity index (χ2n) is 10.1. The summed E-state index contributed by atoms with van der Waals surface area (Å²) >= 11 is 0. The molecule has 3 rings (SSSR count). The van der Waals surface area contributed by atoms with Gasteiger partial charge in [0.15, 0.2) is 5.78 Å². The van der Waals surface area contributed by atoms with Crippen LogP contribution in [0.2, 0.25) is 0 Å². The molecule has 0 aromatic heterocycles. The molecule has 0 bridgehead atoms. The number of hydrogen-bond acceptors (Lipinski definition) is 6. The summed E-state index contributed by atoms with van der Waals surface area (Å²) in [5, 5.41) is 2.65. The van der Waals surface area contributed by atoms with Gasteiger partial charge in [-0.05, 0) is 77.3 Å². The van der Waals surface area contributed by atoms with Gasteiger partial charge in [-0.2, -0.15) is 0 Å². The average molecular weight is 474 g/mol. The van der Waals surface area contributed by atoms with Crippen molar-refractivity contribution in [3.05, 3.63) is 29.8 Å². The molecular formula is C26H39N3O5. The Kier molecular flexibility index (Phi) is 9.33. The van der Waals surface area contributed by atoms with E-state index in [2.05, 4.69) is 10.2 Å². The number of hydrogen-bond donors (Lipinski definition) is 1. The van der Waals surface area contributed by atoms with E-state index < -0.39 is 11.7 Å². The third-order valence-electron chi connectivity index (χ3n) is 5.92. The lowest BCUT2D eigenvalue weighted by molar-refractivity contribution is -0.130. The Balaban J connectivity index is 1.28. The Morgan fingerprint density at radius 3 is 2.44 bits per heavy atom.